The van der Waals surface area contributed by atoms with E-state index in [4.69, 9.17) is 20.1 Å². The van der Waals surface area contributed by atoms with Gasteiger partial charge in [-0.05, 0) is 29.8 Å². The zero-order valence-corrected chi connectivity index (χ0v) is 17.5. The number of nitrogens with zero attached hydrogens (tertiary/aromatic N) is 3. The largest absolute Gasteiger partial charge is 0.493 e. The van der Waals surface area contributed by atoms with Gasteiger partial charge in [0.15, 0.2) is 17.3 Å². The normalized spacial score (nSPS) is 10.7. The van der Waals surface area contributed by atoms with Crippen molar-refractivity contribution in [3.63, 3.8) is 0 Å². The van der Waals surface area contributed by atoms with Crippen molar-refractivity contribution in [3.8, 4) is 28.6 Å². The first-order valence-electron chi connectivity index (χ1n) is 7.95. The third kappa shape index (κ3) is 4.14. The van der Waals surface area contributed by atoms with Crippen LogP contribution in [0.3, 0.4) is 0 Å². The van der Waals surface area contributed by atoms with Crippen LogP contribution in [0.5, 0.6) is 17.2 Å². The first-order chi connectivity index (χ1) is 13.1. The summed E-state index contributed by atoms with van der Waals surface area (Å²) < 4.78 is 18.6. The van der Waals surface area contributed by atoms with E-state index >= 15 is 0 Å². The van der Waals surface area contributed by atoms with E-state index in [0.717, 1.165) is 15.8 Å². The molecule has 0 radical (unpaired) electrons. The Balaban J connectivity index is 1.88. The Morgan fingerprint density at radius 1 is 1.04 bits per heavy atom. The molecule has 0 bridgehead atoms. The Morgan fingerprint density at radius 2 is 1.74 bits per heavy atom. The molecule has 7 nitrogen and oxygen atoms in total. The summed E-state index contributed by atoms with van der Waals surface area (Å²) in [7, 11) is 4.68. The van der Waals surface area contributed by atoms with Crippen molar-refractivity contribution in [3.05, 3.63) is 46.4 Å². The number of ether oxygens (including phenoxy) is 3. The van der Waals surface area contributed by atoms with E-state index < -0.39 is 0 Å². The van der Waals surface area contributed by atoms with E-state index in [0.29, 0.717) is 33.8 Å². The third-order valence-corrected chi connectivity index (χ3v) is 5.35. The van der Waals surface area contributed by atoms with E-state index in [9.17, 15) is 0 Å². The van der Waals surface area contributed by atoms with E-state index in [1.54, 1.807) is 33.5 Å². The van der Waals surface area contributed by atoms with Crippen molar-refractivity contribution in [2.75, 3.05) is 27.2 Å². The van der Waals surface area contributed by atoms with Gasteiger partial charge < -0.3 is 20.1 Å². The van der Waals surface area contributed by atoms with Crippen molar-refractivity contribution < 1.29 is 14.2 Å². The number of thioether (sulfide) groups is 1. The van der Waals surface area contributed by atoms with Gasteiger partial charge in [-0.15, -0.1) is 10.2 Å². The van der Waals surface area contributed by atoms with Gasteiger partial charge in [-0.25, -0.2) is 4.68 Å². The Morgan fingerprint density at radius 3 is 2.33 bits per heavy atom. The predicted molar refractivity (Wildman–Crippen MR) is 109 cm³/mol. The van der Waals surface area contributed by atoms with Crippen molar-refractivity contribution >= 4 is 27.7 Å². The van der Waals surface area contributed by atoms with Crippen LogP contribution in [0.4, 0.5) is 0 Å². The minimum Gasteiger partial charge on any atom is -0.493 e. The Labute approximate surface area is 169 Å². The van der Waals surface area contributed by atoms with Crippen molar-refractivity contribution in [2.24, 2.45) is 0 Å². The minimum atomic E-state index is 0.506. The quantitative estimate of drug-likeness (QED) is 0.433. The highest BCUT2D eigenvalue weighted by molar-refractivity contribution is 9.10. The summed E-state index contributed by atoms with van der Waals surface area (Å²) in [4.78, 5) is 0. The molecule has 0 unspecified atom stereocenters. The van der Waals surface area contributed by atoms with Crippen LogP contribution < -0.4 is 20.1 Å². The summed E-state index contributed by atoms with van der Waals surface area (Å²) in [6.45, 7) is 0. The van der Waals surface area contributed by atoms with Crippen LogP contribution in [-0.4, -0.2) is 36.2 Å². The van der Waals surface area contributed by atoms with Gasteiger partial charge in [0, 0.05) is 15.8 Å². The average molecular weight is 451 g/mol. The fourth-order valence-corrected chi connectivity index (χ4v) is 3.80. The lowest BCUT2D eigenvalue weighted by atomic mass is 10.1. The summed E-state index contributed by atoms with van der Waals surface area (Å²) in [5.41, 5.74) is 1.88. The van der Waals surface area contributed by atoms with Crippen molar-refractivity contribution in [1.82, 2.24) is 14.9 Å². The highest BCUT2D eigenvalue weighted by Crippen LogP contribution is 2.41. The number of rotatable bonds is 7. The molecule has 142 valence electrons. The molecule has 2 aromatic carbocycles. The van der Waals surface area contributed by atoms with Gasteiger partial charge in [-0.3, -0.25) is 0 Å². The van der Waals surface area contributed by atoms with E-state index in [1.165, 1.54) is 16.4 Å². The summed E-state index contributed by atoms with van der Waals surface area (Å²) in [5, 5.41) is 9.05. The second-order valence-electron chi connectivity index (χ2n) is 5.51. The van der Waals surface area contributed by atoms with Crippen LogP contribution in [0, 0.1) is 0 Å². The number of nitrogens with two attached hydrogens (primary N) is 1. The molecule has 0 saturated carbocycles. The fourth-order valence-electron chi connectivity index (χ4n) is 2.56. The number of hydrogen-bond donors (Lipinski definition) is 1. The number of hydrogen-bond acceptors (Lipinski definition) is 7. The van der Waals surface area contributed by atoms with Crippen LogP contribution in [0.15, 0.2) is 46.0 Å². The van der Waals surface area contributed by atoms with Crippen LogP contribution >= 0.6 is 27.7 Å². The number of methoxy groups -OCH3 is 3. The molecule has 1 heterocycles. The Kier molecular flexibility index (Phi) is 6.12. The van der Waals surface area contributed by atoms with Gasteiger partial charge in [0.05, 0.1) is 21.3 Å². The minimum absolute atomic E-state index is 0.506. The van der Waals surface area contributed by atoms with Crippen molar-refractivity contribution in [2.45, 2.75) is 10.9 Å². The fraction of sp³-hybridized carbons (Fsp3) is 0.222. The van der Waals surface area contributed by atoms with Gasteiger partial charge in [0.2, 0.25) is 10.9 Å². The molecule has 0 aliphatic heterocycles. The Hall–Kier alpha value is -2.39. The van der Waals surface area contributed by atoms with Gasteiger partial charge >= 0.3 is 0 Å². The van der Waals surface area contributed by atoms with Crippen LogP contribution in [-0.2, 0) is 5.75 Å². The lowest BCUT2D eigenvalue weighted by Crippen LogP contribution is -2.11. The molecule has 2 N–H and O–H groups in total. The number of nitrogen functional groups attached to an aromatic ring is 1. The SMILES string of the molecule is COc1cc(-c2nnc(SCc3cccc(Br)c3)n2N)cc(OC)c1OC. The second-order valence-corrected chi connectivity index (χ2v) is 7.37. The maximum atomic E-state index is 6.23. The standard InChI is InChI=1S/C18H19BrN4O3S/c1-24-14-8-12(9-15(25-2)16(14)26-3)17-21-22-18(23(17)20)27-10-11-5-4-6-13(19)7-11/h4-9H,10,20H2,1-3H3. The third-order valence-electron chi connectivity index (χ3n) is 3.84. The van der Waals surface area contributed by atoms with Gasteiger partial charge in [0.1, 0.15) is 0 Å². The molecule has 1 aromatic heterocycles. The van der Waals surface area contributed by atoms with Crippen LogP contribution in [0.1, 0.15) is 5.56 Å². The maximum Gasteiger partial charge on any atom is 0.210 e. The van der Waals surface area contributed by atoms with Gasteiger partial charge in [-0.1, -0.05) is 39.8 Å². The molecule has 0 amide bonds. The molecule has 0 aliphatic rings. The lowest BCUT2D eigenvalue weighted by molar-refractivity contribution is 0.324. The molecule has 27 heavy (non-hydrogen) atoms. The highest BCUT2D eigenvalue weighted by Gasteiger charge is 2.18. The summed E-state index contributed by atoms with van der Waals surface area (Å²) in [5.74, 6) is 9.03. The topological polar surface area (TPSA) is 84.4 Å². The van der Waals surface area contributed by atoms with Crippen molar-refractivity contribution in [1.29, 1.82) is 0 Å². The first-order valence-corrected chi connectivity index (χ1v) is 9.73. The smallest absolute Gasteiger partial charge is 0.210 e. The second kappa shape index (κ2) is 8.53. The predicted octanol–water partition coefficient (Wildman–Crippen LogP) is 3.74. The number of halogens is 1. The molecular weight excluding hydrogens is 432 g/mol. The molecule has 0 saturated heterocycles. The van der Waals surface area contributed by atoms with Gasteiger partial charge in [0.25, 0.3) is 0 Å². The summed E-state index contributed by atoms with van der Waals surface area (Å²) in [6, 6.07) is 11.7. The van der Waals surface area contributed by atoms with E-state index in [2.05, 4.69) is 38.3 Å². The average Bonchev–Trinajstić information content (AvgIpc) is 3.05. The molecule has 3 rings (SSSR count). The monoisotopic (exact) mass is 450 g/mol. The van der Waals surface area contributed by atoms with Crippen LogP contribution in [0.2, 0.25) is 0 Å². The number of benzene rings is 2. The van der Waals surface area contributed by atoms with Gasteiger partial charge in [-0.2, -0.15) is 0 Å². The zero-order chi connectivity index (χ0) is 19.4. The molecule has 0 spiro atoms. The molecule has 3 aromatic rings. The van der Waals surface area contributed by atoms with E-state index in [-0.39, 0.29) is 0 Å². The summed E-state index contributed by atoms with van der Waals surface area (Å²) in [6.07, 6.45) is 0. The molecular formula is C18H19BrN4O3S. The highest BCUT2D eigenvalue weighted by atomic mass is 79.9. The lowest BCUT2D eigenvalue weighted by Gasteiger charge is -2.13. The van der Waals surface area contributed by atoms with Crippen LogP contribution in [0.25, 0.3) is 11.4 Å². The number of aromatic nitrogens is 3. The Bertz CT molecular complexity index is 923. The van der Waals surface area contributed by atoms with E-state index in [1.807, 2.05) is 12.1 Å². The zero-order valence-electron chi connectivity index (χ0n) is 15.1. The maximum absolute atomic E-state index is 6.23. The first kappa shape index (κ1) is 19.4. The molecule has 0 fully saturated rings. The molecule has 0 atom stereocenters. The molecule has 9 heteroatoms. The molecule has 0 aliphatic carbocycles. The summed E-state index contributed by atoms with van der Waals surface area (Å²) >= 11 is 4.98.